The molecule has 0 radical (unpaired) electrons. The summed E-state index contributed by atoms with van der Waals surface area (Å²) in [4.78, 5) is 15.7. The zero-order valence-corrected chi connectivity index (χ0v) is 11.3. The van der Waals surface area contributed by atoms with Crippen molar-refractivity contribution in [2.75, 3.05) is 13.7 Å². The van der Waals surface area contributed by atoms with E-state index in [1.54, 1.807) is 44.5 Å². The third kappa shape index (κ3) is 3.26. The van der Waals surface area contributed by atoms with Crippen LogP contribution in [0.2, 0.25) is 0 Å². The zero-order valence-electron chi connectivity index (χ0n) is 11.3. The topological polar surface area (TPSA) is 57.7 Å². The molecule has 2 aromatic rings. The van der Waals surface area contributed by atoms with Gasteiger partial charge in [0.1, 0.15) is 22.8 Å². The Hall–Kier alpha value is -2.56. The molecule has 20 heavy (non-hydrogen) atoms. The molecule has 1 heterocycles. The van der Waals surface area contributed by atoms with E-state index in [1.165, 1.54) is 6.20 Å². The van der Waals surface area contributed by atoms with E-state index >= 15 is 0 Å². The minimum Gasteiger partial charge on any atom is -0.497 e. The van der Waals surface area contributed by atoms with Crippen LogP contribution in [0.25, 0.3) is 0 Å². The van der Waals surface area contributed by atoms with E-state index in [1.807, 2.05) is 6.07 Å². The number of aromatic nitrogens is 1. The number of benzene rings is 1. The fourth-order valence-electron chi connectivity index (χ4n) is 1.62. The lowest BCUT2D eigenvalue weighted by Crippen LogP contribution is -2.06. The fourth-order valence-corrected chi connectivity index (χ4v) is 1.62. The summed E-state index contributed by atoms with van der Waals surface area (Å²) in [6.07, 6.45) is 2.98. The number of carbonyl (C=O) groups is 1. The van der Waals surface area contributed by atoms with Gasteiger partial charge in [-0.15, -0.1) is 0 Å². The molecule has 0 saturated heterocycles. The van der Waals surface area contributed by atoms with Gasteiger partial charge in [-0.1, -0.05) is 6.07 Å². The van der Waals surface area contributed by atoms with E-state index < -0.39 is 5.97 Å². The van der Waals surface area contributed by atoms with E-state index in [0.29, 0.717) is 23.9 Å². The Morgan fingerprint density at radius 3 is 2.80 bits per heavy atom. The molecule has 0 bridgehead atoms. The first-order valence-electron chi connectivity index (χ1n) is 6.17. The van der Waals surface area contributed by atoms with E-state index in [0.717, 1.165) is 0 Å². The SMILES string of the molecule is CCOC(=O)c1cnccc1Oc1cccc(OC)c1. The molecule has 0 atom stereocenters. The Kier molecular flexibility index (Phi) is 4.55. The molecule has 2 rings (SSSR count). The lowest BCUT2D eigenvalue weighted by atomic mass is 10.2. The predicted octanol–water partition coefficient (Wildman–Crippen LogP) is 3.06. The van der Waals surface area contributed by atoms with Gasteiger partial charge in [-0.3, -0.25) is 4.98 Å². The molecule has 0 spiro atoms. The molecule has 0 aliphatic heterocycles. The van der Waals surface area contributed by atoms with Gasteiger partial charge in [0.05, 0.1) is 13.7 Å². The predicted molar refractivity (Wildman–Crippen MR) is 73.3 cm³/mol. The molecular weight excluding hydrogens is 258 g/mol. The first-order valence-corrected chi connectivity index (χ1v) is 6.17. The van der Waals surface area contributed by atoms with Crippen molar-refractivity contribution in [3.05, 3.63) is 48.3 Å². The minimum absolute atomic E-state index is 0.289. The zero-order chi connectivity index (χ0) is 14.4. The molecule has 1 aromatic heterocycles. The van der Waals surface area contributed by atoms with Crippen LogP contribution in [0.1, 0.15) is 17.3 Å². The summed E-state index contributed by atoms with van der Waals surface area (Å²) in [5.74, 6) is 1.18. The van der Waals surface area contributed by atoms with Gasteiger partial charge in [0.15, 0.2) is 0 Å². The summed E-state index contributed by atoms with van der Waals surface area (Å²) < 4.78 is 15.8. The Labute approximate surface area is 117 Å². The average Bonchev–Trinajstić information content (AvgIpc) is 2.48. The summed E-state index contributed by atoms with van der Waals surface area (Å²) in [5, 5.41) is 0. The summed E-state index contributed by atoms with van der Waals surface area (Å²) in [7, 11) is 1.58. The van der Waals surface area contributed by atoms with Crippen LogP contribution >= 0.6 is 0 Å². The summed E-state index contributed by atoms with van der Waals surface area (Å²) >= 11 is 0. The summed E-state index contributed by atoms with van der Waals surface area (Å²) in [5.41, 5.74) is 0.289. The van der Waals surface area contributed by atoms with Crippen molar-refractivity contribution < 1.29 is 19.0 Å². The average molecular weight is 273 g/mol. The number of carbonyl (C=O) groups excluding carboxylic acids is 1. The van der Waals surface area contributed by atoms with Gasteiger partial charge in [0.2, 0.25) is 0 Å². The number of pyridine rings is 1. The van der Waals surface area contributed by atoms with E-state index in [2.05, 4.69) is 4.98 Å². The maximum Gasteiger partial charge on any atom is 0.343 e. The van der Waals surface area contributed by atoms with Gasteiger partial charge in [-0.2, -0.15) is 0 Å². The van der Waals surface area contributed by atoms with Crippen LogP contribution in [0.15, 0.2) is 42.7 Å². The number of nitrogens with zero attached hydrogens (tertiary/aromatic N) is 1. The van der Waals surface area contributed by atoms with Crippen LogP contribution in [0.3, 0.4) is 0 Å². The normalized spacial score (nSPS) is 9.90. The quantitative estimate of drug-likeness (QED) is 0.784. The molecule has 104 valence electrons. The third-order valence-corrected chi connectivity index (χ3v) is 2.55. The van der Waals surface area contributed by atoms with Gasteiger partial charge in [0, 0.05) is 24.5 Å². The Morgan fingerprint density at radius 1 is 1.25 bits per heavy atom. The van der Waals surface area contributed by atoms with Crippen LogP contribution in [0.4, 0.5) is 0 Å². The van der Waals surface area contributed by atoms with Crippen molar-refractivity contribution in [1.29, 1.82) is 0 Å². The molecule has 0 unspecified atom stereocenters. The highest BCUT2D eigenvalue weighted by atomic mass is 16.5. The van der Waals surface area contributed by atoms with Gasteiger partial charge < -0.3 is 14.2 Å². The second-order valence-electron chi connectivity index (χ2n) is 3.87. The molecule has 0 fully saturated rings. The van der Waals surface area contributed by atoms with E-state index in [4.69, 9.17) is 14.2 Å². The maximum atomic E-state index is 11.8. The van der Waals surface area contributed by atoms with Crippen molar-refractivity contribution >= 4 is 5.97 Å². The molecule has 5 nitrogen and oxygen atoms in total. The van der Waals surface area contributed by atoms with Gasteiger partial charge in [-0.25, -0.2) is 4.79 Å². The molecular formula is C15H15NO4. The number of methoxy groups -OCH3 is 1. The van der Waals surface area contributed by atoms with Gasteiger partial charge >= 0.3 is 5.97 Å². The second kappa shape index (κ2) is 6.56. The van der Waals surface area contributed by atoms with Crippen LogP contribution in [0.5, 0.6) is 17.2 Å². The Bertz CT molecular complexity index is 598. The van der Waals surface area contributed by atoms with E-state index in [9.17, 15) is 4.79 Å². The van der Waals surface area contributed by atoms with Crippen molar-refractivity contribution in [3.8, 4) is 17.2 Å². The van der Waals surface area contributed by atoms with Crippen molar-refractivity contribution in [1.82, 2.24) is 4.98 Å². The first-order chi connectivity index (χ1) is 9.74. The monoisotopic (exact) mass is 273 g/mol. The summed E-state index contributed by atoms with van der Waals surface area (Å²) in [6, 6.07) is 8.74. The number of hydrogen-bond acceptors (Lipinski definition) is 5. The van der Waals surface area contributed by atoms with Crippen molar-refractivity contribution in [3.63, 3.8) is 0 Å². The molecule has 0 amide bonds. The third-order valence-electron chi connectivity index (χ3n) is 2.55. The number of esters is 1. The van der Waals surface area contributed by atoms with Crippen LogP contribution in [-0.4, -0.2) is 24.7 Å². The molecule has 1 aromatic carbocycles. The Morgan fingerprint density at radius 2 is 2.05 bits per heavy atom. The molecule has 0 aliphatic carbocycles. The van der Waals surface area contributed by atoms with Gasteiger partial charge in [-0.05, 0) is 19.1 Å². The van der Waals surface area contributed by atoms with E-state index in [-0.39, 0.29) is 5.56 Å². The van der Waals surface area contributed by atoms with Crippen molar-refractivity contribution in [2.24, 2.45) is 0 Å². The molecule has 0 saturated carbocycles. The van der Waals surface area contributed by atoms with Gasteiger partial charge in [0.25, 0.3) is 0 Å². The highest BCUT2D eigenvalue weighted by molar-refractivity contribution is 5.92. The maximum absolute atomic E-state index is 11.8. The first kappa shape index (κ1) is 13.9. The molecule has 0 aliphatic rings. The largest absolute Gasteiger partial charge is 0.497 e. The fraction of sp³-hybridized carbons (Fsp3) is 0.200. The molecule has 5 heteroatoms. The highest BCUT2D eigenvalue weighted by Gasteiger charge is 2.14. The standard InChI is InChI=1S/C15H15NO4/c1-3-19-15(17)13-10-16-8-7-14(13)20-12-6-4-5-11(9-12)18-2/h4-10H,3H2,1-2H3. The second-order valence-corrected chi connectivity index (χ2v) is 3.87. The number of hydrogen-bond donors (Lipinski definition) is 0. The summed E-state index contributed by atoms with van der Waals surface area (Å²) in [6.45, 7) is 2.04. The van der Waals surface area contributed by atoms with Crippen LogP contribution in [0, 0.1) is 0 Å². The molecule has 0 N–H and O–H groups in total. The smallest absolute Gasteiger partial charge is 0.343 e. The minimum atomic E-state index is -0.460. The highest BCUT2D eigenvalue weighted by Crippen LogP contribution is 2.27. The van der Waals surface area contributed by atoms with Crippen LogP contribution in [-0.2, 0) is 4.74 Å². The lowest BCUT2D eigenvalue weighted by molar-refractivity contribution is 0.0523. The lowest BCUT2D eigenvalue weighted by Gasteiger charge is -2.10. The number of rotatable bonds is 5. The van der Waals surface area contributed by atoms with Crippen molar-refractivity contribution in [2.45, 2.75) is 6.92 Å². The van der Waals surface area contributed by atoms with Crippen LogP contribution < -0.4 is 9.47 Å². The Balaban J connectivity index is 2.26. The number of ether oxygens (including phenoxy) is 3.